The van der Waals surface area contributed by atoms with Crippen molar-refractivity contribution in [1.29, 1.82) is 0 Å². The molecule has 1 fully saturated rings. The van der Waals surface area contributed by atoms with Gasteiger partial charge in [-0.15, -0.1) is 0 Å². The summed E-state index contributed by atoms with van der Waals surface area (Å²) in [6.07, 6.45) is 5.69. The van der Waals surface area contributed by atoms with Crippen LogP contribution in [0.5, 0.6) is 5.75 Å². The number of rotatable bonds is 11. The molecule has 0 heterocycles. The molecule has 0 bridgehead atoms. The Hall–Kier alpha value is -3.68. The number of hydrogen-bond donors (Lipinski definition) is 3. The van der Waals surface area contributed by atoms with E-state index in [4.69, 9.17) is 14.6 Å². The summed E-state index contributed by atoms with van der Waals surface area (Å²) in [6, 6.07) is 20.3. The van der Waals surface area contributed by atoms with E-state index in [-0.39, 0.29) is 18.1 Å². The number of aliphatic hydroxyl groups is 2. The SMILES string of the molecule is CCCCCCOc1ccccc1C(O)(O)N(C(=O)c1ccc(-c2cc(C)ccc2C)cc1)C1CC1.O=CO. The maximum absolute atomic E-state index is 13.6. The molecule has 39 heavy (non-hydrogen) atoms. The van der Waals surface area contributed by atoms with E-state index >= 15 is 0 Å². The molecule has 1 amide bonds. The highest BCUT2D eigenvalue weighted by molar-refractivity contribution is 5.95. The fourth-order valence-electron chi connectivity index (χ4n) is 4.58. The molecule has 7 heteroatoms. The average molecular weight is 534 g/mol. The highest BCUT2D eigenvalue weighted by Crippen LogP contribution is 2.40. The monoisotopic (exact) mass is 533 g/mol. The van der Waals surface area contributed by atoms with Crippen molar-refractivity contribution >= 4 is 12.4 Å². The van der Waals surface area contributed by atoms with E-state index in [2.05, 4.69) is 39.0 Å². The van der Waals surface area contributed by atoms with Crippen molar-refractivity contribution < 1.29 is 29.6 Å². The number of aryl methyl sites for hydroxylation is 2. The van der Waals surface area contributed by atoms with Gasteiger partial charge in [0.1, 0.15) is 5.75 Å². The minimum absolute atomic E-state index is 0.188. The van der Waals surface area contributed by atoms with Gasteiger partial charge in [0, 0.05) is 11.6 Å². The van der Waals surface area contributed by atoms with Gasteiger partial charge in [-0.3, -0.25) is 14.5 Å². The van der Waals surface area contributed by atoms with Gasteiger partial charge < -0.3 is 20.1 Å². The largest absolute Gasteiger partial charge is 0.493 e. The fourth-order valence-corrected chi connectivity index (χ4v) is 4.58. The van der Waals surface area contributed by atoms with Crippen LogP contribution in [-0.4, -0.2) is 45.2 Å². The van der Waals surface area contributed by atoms with Crippen LogP contribution in [0, 0.1) is 13.8 Å². The maximum Gasteiger partial charge on any atom is 0.290 e. The van der Waals surface area contributed by atoms with Crippen molar-refractivity contribution in [2.75, 3.05) is 6.61 Å². The summed E-state index contributed by atoms with van der Waals surface area (Å²) in [6.45, 7) is 6.52. The van der Waals surface area contributed by atoms with Crippen molar-refractivity contribution in [2.24, 2.45) is 0 Å². The van der Waals surface area contributed by atoms with Crippen molar-refractivity contribution in [3.05, 3.63) is 89.0 Å². The van der Waals surface area contributed by atoms with Crippen molar-refractivity contribution in [1.82, 2.24) is 4.90 Å². The Bertz CT molecular complexity index is 1230. The molecule has 1 saturated carbocycles. The van der Waals surface area contributed by atoms with Crippen LogP contribution in [0.25, 0.3) is 11.1 Å². The Morgan fingerprint density at radius 1 is 1.00 bits per heavy atom. The van der Waals surface area contributed by atoms with E-state index in [0.29, 0.717) is 17.9 Å². The lowest BCUT2D eigenvalue weighted by molar-refractivity contribution is -0.259. The van der Waals surface area contributed by atoms with Crippen LogP contribution in [0.4, 0.5) is 0 Å². The van der Waals surface area contributed by atoms with Gasteiger partial charge in [-0.1, -0.05) is 74.2 Å². The second-order valence-corrected chi connectivity index (χ2v) is 9.95. The van der Waals surface area contributed by atoms with Crippen molar-refractivity contribution in [2.45, 2.75) is 71.2 Å². The molecule has 1 aliphatic rings. The van der Waals surface area contributed by atoms with E-state index < -0.39 is 11.8 Å². The third-order valence-corrected chi connectivity index (χ3v) is 6.81. The number of carbonyl (C=O) groups excluding carboxylic acids is 1. The lowest BCUT2D eigenvalue weighted by Crippen LogP contribution is -2.51. The first kappa shape index (κ1) is 29.9. The summed E-state index contributed by atoms with van der Waals surface area (Å²) in [5.74, 6) is -2.50. The van der Waals surface area contributed by atoms with Crippen molar-refractivity contribution in [3.63, 3.8) is 0 Å². The zero-order valence-corrected chi connectivity index (χ0v) is 23.0. The van der Waals surface area contributed by atoms with Gasteiger partial charge in [0.15, 0.2) is 0 Å². The molecule has 0 aliphatic heterocycles. The molecule has 7 nitrogen and oxygen atoms in total. The lowest BCUT2D eigenvalue weighted by atomic mass is 9.97. The Morgan fingerprint density at radius 2 is 1.67 bits per heavy atom. The van der Waals surface area contributed by atoms with Crippen LogP contribution in [-0.2, 0) is 10.7 Å². The third-order valence-electron chi connectivity index (χ3n) is 6.81. The van der Waals surface area contributed by atoms with Gasteiger partial charge in [0.05, 0.1) is 12.2 Å². The molecule has 0 saturated heterocycles. The molecule has 3 aromatic rings. The normalized spacial score (nSPS) is 12.7. The summed E-state index contributed by atoms with van der Waals surface area (Å²) in [5.41, 5.74) is 5.08. The molecule has 0 aromatic heterocycles. The van der Waals surface area contributed by atoms with Crippen LogP contribution in [0.15, 0.2) is 66.7 Å². The zero-order chi connectivity index (χ0) is 28.4. The topological polar surface area (TPSA) is 107 Å². The average Bonchev–Trinajstić information content (AvgIpc) is 3.75. The first-order valence-electron chi connectivity index (χ1n) is 13.5. The first-order chi connectivity index (χ1) is 18.7. The summed E-state index contributed by atoms with van der Waals surface area (Å²) in [5, 5.41) is 29.7. The number of amides is 1. The minimum Gasteiger partial charge on any atom is -0.493 e. The van der Waals surface area contributed by atoms with Crippen LogP contribution < -0.4 is 4.74 Å². The summed E-state index contributed by atoms with van der Waals surface area (Å²) in [7, 11) is 0. The molecule has 3 aromatic carbocycles. The van der Waals surface area contributed by atoms with Crippen molar-refractivity contribution in [3.8, 4) is 16.9 Å². The predicted molar refractivity (Wildman–Crippen MR) is 151 cm³/mol. The number of ether oxygens (including phenoxy) is 1. The Morgan fingerprint density at radius 3 is 2.31 bits per heavy atom. The molecule has 0 radical (unpaired) electrons. The second kappa shape index (κ2) is 13.9. The molecular formula is C32H39NO6. The van der Waals surface area contributed by atoms with Crippen LogP contribution in [0.3, 0.4) is 0 Å². The van der Waals surface area contributed by atoms with E-state index in [9.17, 15) is 15.0 Å². The highest BCUT2D eigenvalue weighted by atomic mass is 16.5. The molecule has 208 valence electrons. The summed E-state index contributed by atoms with van der Waals surface area (Å²) < 4.78 is 5.93. The number of benzene rings is 3. The Labute approximate surface area is 230 Å². The van der Waals surface area contributed by atoms with Crippen LogP contribution >= 0.6 is 0 Å². The number of para-hydroxylation sites is 1. The van der Waals surface area contributed by atoms with E-state index in [1.807, 2.05) is 12.1 Å². The number of nitrogens with zero attached hydrogens (tertiary/aromatic N) is 1. The molecule has 3 N–H and O–H groups in total. The Kier molecular flexibility index (Phi) is 10.7. The highest BCUT2D eigenvalue weighted by Gasteiger charge is 2.48. The fraction of sp³-hybridized carbons (Fsp3) is 0.375. The molecule has 1 aliphatic carbocycles. The van der Waals surface area contributed by atoms with Gasteiger partial charge in [-0.05, 0) is 74.1 Å². The van der Waals surface area contributed by atoms with E-state index in [1.165, 1.54) is 10.5 Å². The van der Waals surface area contributed by atoms with Crippen LogP contribution in [0.1, 0.15) is 72.5 Å². The second-order valence-electron chi connectivity index (χ2n) is 9.95. The maximum atomic E-state index is 13.6. The quantitative estimate of drug-likeness (QED) is 0.158. The first-order valence-corrected chi connectivity index (χ1v) is 13.5. The van der Waals surface area contributed by atoms with Gasteiger partial charge in [0.25, 0.3) is 18.3 Å². The molecule has 0 unspecified atom stereocenters. The number of carbonyl (C=O) groups is 2. The summed E-state index contributed by atoms with van der Waals surface area (Å²) in [4.78, 5) is 23.2. The van der Waals surface area contributed by atoms with Crippen LogP contribution in [0.2, 0.25) is 0 Å². The molecule has 0 atom stereocenters. The lowest BCUT2D eigenvalue weighted by Gasteiger charge is -2.36. The van der Waals surface area contributed by atoms with Gasteiger partial charge in [-0.25, -0.2) is 0 Å². The number of carboxylic acid groups (broad SMARTS) is 1. The van der Waals surface area contributed by atoms with Gasteiger partial charge in [0.2, 0.25) is 0 Å². The summed E-state index contributed by atoms with van der Waals surface area (Å²) >= 11 is 0. The predicted octanol–water partition coefficient (Wildman–Crippen LogP) is 6.03. The van der Waals surface area contributed by atoms with E-state index in [1.54, 1.807) is 36.4 Å². The standard InChI is InChI=1S/C31H37NO4.CH2O2/c1-4-5-6-9-20-36-29-11-8-7-10-28(29)31(34,35)32(26-18-19-26)30(33)25-16-14-24(15-17-25)27-21-22(2)12-13-23(27)3;2-1-3/h7-8,10-17,21,26,34-35H,4-6,9,18-20H2,1-3H3;1H,(H,2,3). The smallest absolute Gasteiger partial charge is 0.290 e. The molecular weight excluding hydrogens is 494 g/mol. The number of unbranched alkanes of at least 4 members (excludes halogenated alkanes) is 3. The minimum atomic E-state index is -2.48. The molecule has 0 spiro atoms. The van der Waals surface area contributed by atoms with Gasteiger partial charge >= 0.3 is 0 Å². The zero-order valence-electron chi connectivity index (χ0n) is 23.0. The van der Waals surface area contributed by atoms with E-state index in [0.717, 1.165) is 55.2 Å². The van der Waals surface area contributed by atoms with Gasteiger partial charge in [-0.2, -0.15) is 0 Å². The number of hydrogen-bond acceptors (Lipinski definition) is 5. The third kappa shape index (κ3) is 7.68. The molecule has 4 rings (SSSR count). The Balaban J connectivity index is 0.00000134.